The number of unbranched alkanes of at least 4 members (excludes halogenated alkanes) is 2. The molecule has 0 spiro atoms. The number of hydrogen-bond donors (Lipinski definition) is 2. The maximum absolute atomic E-state index is 3.39. The summed E-state index contributed by atoms with van der Waals surface area (Å²) in [6.45, 7) is 13.6. The summed E-state index contributed by atoms with van der Waals surface area (Å²) >= 11 is 0. The van der Waals surface area contributed by atoms with Crippen LogP contribution in [-0.2, 0) is 0 Å². The Kier molecular flexibility index (Phi) is 23.3. The van der Waals surface area contributed by atoms with Gasteiger partial charge in [0, 0.05) is 0 Å². The minimum absolute atomic E-state index is 1.17. The molecule has 2 N–H and O–H groups in total. The lowest BCUT2D eigenvalue weighted by molar-refractivity contribution is 0.611. The van der Waals surface area contributed by atoms with E-state index in [1.807, 2.05) is 0 Å². The van der Waals surface area contributed by atoms with E-state index in [1.54, 1.807) is 0 Å². The molecule has 0 aliphatic heterocycles. The fraction of sp³-hybridized carbons (Fsp3) is 1.00. The van der Waals surface area contributed by atoms with Gasteiger partial charge in [0.1, 0.15) is 0 Å². The van der Waals surface area contributed by atoms with Gasteiger partial charge in [0.2, 0.25) is 0 Å². The van der Waals surface area contributed by atoms with Gasteiger partial charge in [0.25, 0.3) is 0 Å². The zero-order chi connectivity index (χ0) is 12.5. The van der Waals surface area contributed by atoms with Gasteiger partial charge in [0.05, 0.1) is 0 Å². The van der Waals surface area contributed by atoms with Crippen LogP contribution in [0.5, 0.6) is 0 Å². The van der Waals surface area contributed by atoms with E-state index >= 15 is 0 Å². The molecule has 0 aromatic heterocycles. The molecule has 0 aromatic carbocycles. The third-order valence-corrected chi connectivity index (χ3v) is 2.27. The van der Waals surface area contributed by atoms with E-state index in [9.17, 15) is 0 Å². The average molecular weight is 230 g/mol. The highest BCUT2D eigenvalue weighted by Crippen LogP contribution is 1.85. The van der Waals surface area contributed by atoms with Gasteiger partial charge in [-0.25, -0.2) is 0 Å². The van der Waals surface area contributed by atoms with Gasteiger partial charge in [-0.3, -0.25) is 0 Å². The van der Waals surface area contributed by atoms with Crippen LogP contribution in [0, 0.1) is 0 Å². The Labute approximate surface area is 104 Å². The first-order valence-electron chi connectivity index (χ1n) is 7.24. The van der Waals surface area contributed by atoms with Crippen molar-refractivity contribution in [3.63, 3.8) is 0 Å². The van der Waals surface area contributed by atoms with E-state index in [-0.39, 0.29) is 0 Å². The molecule has 0 amide bonds. The summed E-state index contributed by atoms with van der Waals surface area (Å²) in [6, 6.07) is 0. The van der Waals surface area contributed by atoms with E-state index in [1.165, 1.54) is 64.7 Å². The molecule has 0 saturated carbocycles. The lowest BCUT2D eigenvalue weighted by atomic mass is 10.3. The van der Waals surface area contributed by atoms with Crippen molar-refractivity contribution >= 4 is 0 Å². The van der Waals surface area contributed by atoms with Crippen molar-refractivity contribution in [2.24, 2.45) is 0 Å². The molecule has 0 fully saturated rings. The van der Waals surface area contributed by atoms with Crippen molar-refractivity contribution in [1.82, 2.24) is 10.6 Å². The molecule has 0 heterocycles. The molecule has 0 rings (SSSR count). The van der Waals surface area contributed by atoms with Crippen molar-refractivity contribution in [1.29, 1.82) is 0 Å². The largest absolute Gasteiger partial charge is 0.317 e. The SMILES string of the molecule is CCCCNCCCC.CCCNCCC. The van der Waals surface area contributed by atoms with Gasteiger partial charge in [-0.2, -0.15) is 0 Å². The van der Waals surface area contributed by atoms with Crippen LogP contribution in [0.2, 0.25) is 0 Å². The number of nitrogens with one attached hydrogen (secondary N) is 2. The maximum Gasteiger partial charge on any atom is -0.00490 e. The topological polar surface area (TPSA) is 24.1 Å². The van der Waals surface area contributed by atoms with Crippen molar-refractivity contribution in [2.75, 3.05) is 26.2 Å². The normalized spacial score (nSPS) is 9.75. The van der Waals surface area contributed by atoms with E-state index in [0.29, 0.717) is 0 Å². The third-order valence-electron chi connectivity index (χ3n) is 2.27. The standard InChI is InChI=1S/C8H19N.C6H15N/c1-3-5-7-9-8-6-4-2;1-3-5-7-6-4-2/h9H,3-8H2,1-2H3;7H,3-6H2,1-2H3. The zero-order valence-electron chi connectivity index (χ0n) is 12.1. The Hall–Kier alpha value is -0.0800. The molecule has 0 bridgehead atoms. The minimum atomic E-state index is 1.17. The summed E-state index contributed by atoms with van der Waals surface area (Å²) < 4.78 is 0. The second-order valence-electron chi connectivity index (χ2n) is 4.21. The summed E-state index contributed by atoms with van der Waals surface area (Å²) in [6.07, 6.45) is 7.76. The molecular weight excluding hydrogens is 196 g/mol. The van der Waals surface area contributed by atoms with Crippen LogP contribution in [0.3, 0.4) is 0 Å². The summed E-state index contributed by atoms with van der Waals surface area (Å²) in [5.74, 6) is 0. The lowest BCUT2D eigenvalue weighted by Gasteiger charge is -1.99. The fourth-order valence-electron chi connectivity index (χ4n) is 1.21. The minimum Gasteiger partial charge on any atom is -0.317 e. The Morgan fingerprint density at radius 3 is 1.19 bits per heavy atom. The van der Waals surface area contributed by atoms with Gasteiger partial charge < -0.3 is 10.6 Å². The predicted molar refractivity (Wildman–Crippen MR) is 76.1 cm³/mol. The molecule has 0 radical (unpaired) electrons. The smallest absolute Gasteiger partial charge is 0.00490 e. The lowest BCUT2D eigenvalue weighted by Crippen LogP contribution is -2.15. The quantitative estimate of drug-likeness (QED) is 0.561. The van der Waals surface area contributed by atoms with Gasteiger partial charge >= 0.3 is 0 Å². The molecule has 0 aliphatic carbocycles. The Morgan fingerprint density at radius 2 is 0.875 bits per heavy atom. The summed E-state index contributed by atoms with van der Waals surface area (Å²) in [5.41, 5.74) is 0. The van der Waals surface area contributed by atoms with Gasteiger partial charge in [-0.15, -0.1) is 0 Å². The molecule has 0 saturated heterocycles. The molecule has 0 aliphatic rings. The molecule has 0 atom stereocenters. The van der Waals surface area contributed by atoms with Crippen LogP contribution < -0.4 is 10.6 Å². The monoisotopic (exact) mass is 230 g/mol. The van der Waals surface area contributed by atoms with Crippen LogP contribution in [0.1, 0.15) is 66.2 Å². The van der Waals surface area contributed by atoms with Crippen LogP contribution in [-0.4, -0.2) is 26.2 Å². The molecule has 2 heteroatoms. The number of hydrogen-bond acceptors (Lipinski definition) is 2. The molecule has 0 unspecified atom stereocenters. The van der Waals surface area contributed by atoms with Crippen LogP contribution >= 0.6 is 0 Å². The van der Waals surface area contributed by atoms with Crippen molar-refractivity contribution in [3.8, 4) is 0 Å². The molecular formula is C14H34N2. The van der Waals surface area contributed by atoms with Crippen LogP contribution in [0.15, 0.2) is 0 Å². The van der Waals surface area contributed by atoms with E-state index in [4.69, 9.17) is 0 Å². The maximum atomic E-state index is 3.39. The molecule has 16 heavy (non-hydrogen) atoms. The van der Waals surface area contributed by atoms with Crippen molar-refractivity contribution < 1.29 is 0 Å². The highest BCUT2D eigenvalue weighted by molar-refractivity contribution is 4.45. The Morgan fingerprint density at radius 1 is 0.500 bits per heavy atom. The Bertz CT molecular complexity index is 84.7. The second-order valence-corrected chi connectivity index (χ2v) is 4.21. The zero-order valence-corrected chi connectivity index (χ0v) is 12.1. The molecule has 2 nitrogen and oxygen atoms in total. The predicted octanol–water partition coefficient (Wildman–Crippen LogP) is 3.57. The second kappa shape index (κ2) is 20.3. The van der Waals surface area contributed by atoms with Gasteiger partial charge in [-0.05, 0) is 51.9 Å². The average Bonchev–Trinajstić information content (AvgIpc) is 2.31. The molecule has 100 valence electrons. The Balaban J connectivity index is 0. The molecule has 0 aromatic rings. The summed E-state index contributed by atoms with van der Waals surface area (Å²) in [5, 5.41) is 6.67. The van der Waals surface area contributed by atoms with Crippen LogP contribution in [0.4, 0.5) is 0 Å². The third kappa shape index (κ3) is 23.6. The summed E-state index contributed by atoms with van der Waals surface area (Å²) in [7, 11) is 0. The first-order chi connectivity index (χ1) is 7.83. The van der Waals surface area contributed by atoms with Gasteiger partial charge in [-0.1, -0.05) is 40.5 Å². The van der Waals surface area contributed by atoms with Gasteiger partial charge in [0.15, 0.2) is 0 Å². The van der Waals surface area contributed by atoms with Crippen LogP contribution in [0.25, 0.3) is 0 Å². The first kappa shape index (κ1) is 18.3. The van der Waals surface area contributed by atoms with E-state index in [0.717, 1.165) is 0 Å². The fourth-order valence-corrected chi connectivity index (χ4v) is 1.21. The highest BCUT2D eigenvalue weighted by atomic mass is 14.8. The highest BCUT2D eigenvalue weighted by Gasteiger charge is 1.83. The summed E-state index contributed by atoms with van der Waals surface area (Å²) in [4.78, 5) is 0. The van der Waals surface area contributed by atoms with Crippen molar-refractivity contribution in [3.05, 3.63) is 0 Å². The number of rotatable bonds is 10. The van der Waals surface area contributed by atoms with E-state index in [2.05, 4.69) is 38.3 Å². The van der Waals surface area contributed by atoms with E-state index < -0.39 is 0 Å². The first-order valence-corrected chi connectivity index (χ1v) is 7.24. The van der Waals surface area contributed by atoms with Crippen molar-refractivity contribution in [2.45, 2.75) is 66.2 Å².